The molecule has 0 aliphatic carbocycles. The third kappa shape index (κ3) is 5.05. The first-order valence-corrected chi connectivity index (χ1v) is 9.14. The molecular weight excluding hydrogens is 291 g/mol. The van der Waals surface area contributed by atoms with Gasteiger partial charge in [-0.2, -0.15) is 4.72 Å². The van der Waals surface area contributed by atoms with Crippen LogP contribution in [0.2, 0.25) is 0 Å². The number of nitrogens with zero attached hydrogens (tertiary/aromatic N) is 1. The molecule has 1 fully saturated rings. The maximum atomic E-state index is 12.9. The molecule has 1 aliphatic rings. The summed E-state index contributed by atoms with van der Waals surface area (Å²) in [5.74, 6) is -0.125. The third-order valence-corrected chi connectivity index (χ3v) is 5.30. The van der Waals surface area contributed by atoms with Crippen molar-refractivity contribution in [3.8, 4) is 0 Å². The van der Waals surface area contributed by atoms with Crippen LogP contribution in [0.25, 0.3) is 0 Å². The van der Waals surface area contributed by atoms with Crippen LogP contribution in [-0.2, 0) is 16.4 Å². The quantitative estimate of drug-likeness (QED) is 0.875. The molecule has 1 aromatic rings. The number of sulfonamides is 1. The van der Waals surface area contributed by atoms with E-state index in [1.807, 2.05) is 0 Å². The van der Waals surface area contributed by atoms with Crippen molar-refractivity contribution >= 4 is 10.0 Å². The van der Waals surface area contributed by atoms with Gasteiger partial charge < -0.3 is 0 Å². The number of piperidine rings is 1. The van der Waals surface area contributed by atoms with E-state index < -0.39 is 10.0 Å². The third-order valence-electron chi connectivity index (χ3n) is 3.91. The fourth-order valence-corrected chi connectivity index (χ4v) is 3.45. The Hall–Kier alpha value is -0.980. The minimum atomic E-state index is -3.18. The zero-order valence-electron chi connectivity index (χ0n) is 12.4. The molecule has 1 heterocycles. The molecule has 0 aromatic heterocycles. The number of rotatable bonds is 6. The van der Waals surface area contributed by atoms with E-state index in [-0.39, 0.29) is 17.7 Å². The Morgan fingerprint density at radius 1 is 1.29 bits per heavy atom. The van der Waals surface area contributed by atoms with E-state index in [2.05, 4.69) is 9.62 Å². The second-order valence-corrected chi connectivity index (χ2v) is 7.49. The average Bonchev–Trinajstić information content (AvgIpc) is 2.48. The van der Waals surface area contributed by atoms with E-state index in [0.29, 0.717) is 0 Å². The van der Waals surface area contributed by atoms with Crippen LogP contribution in [0.1, 0.15) is 31.7 Å². The number of hydrogen-bond donors (Lipinski definition) is 1. The molecule has 0 amide bonds. The van der Waals surface area contributed by atoms with Crippen LogP contribution in [-0.4, -0.2) is 38.3 Å². The molecule has 1 N–H and O–H groups in total. The number of nitrogens with one attached hydrogen (secondary N) is 1. The molecule has 1 saturated heterocycles. The fourth-order valence-electron chi connectivity index (χ4n) is 2.61. The first-order valence-electron chi connectivity index (χ1n) is 7.48. The Kier molecular flexibility index (Phi) is 5.72. The van der Waals surface area contributed by atoms with Gasteiger partial charge in [0.2, 0.25) is 10.0 Å². The topological polar surface area (TPSA) is 49.4 Å². The van der Waals surface area contributed by atoms with Crippen molar-refractivity contribution in [2.24, 2.45) is 0 Å². The summed E-state index contributed by atoms with van der Waals surface area (Å²) in [6.45, 7) is 3.33. The van der Waals surface area contributed by atoms with Gasteiger partial charge in [0.05, 0.1) is 11.9 Å². The van der Waals surface area contributed by atoms with Crippen molar-refractivity contribution in [1.82, 2.24) is 9.62 Å². The summed E-state index contributed by atoms with van der Waals surface area (Å²) in [6, 6.07) is 6.49. The minimum absolute atomic E-state index is 0.106. The molecule has 1 aromatic carbocycles. The first-order chi connectivity index (χ1) is 10.00. The van der Waals surface area contributed by atoms with E-state index in [9.17, 15) is 12.8 Å². The summed E-state index contributed by atoms with van der Waals surface area (Å²) in [6.07, 6.45) is 3.68. The van der Waals surface area contributed by atoms with Crippen LogP contribution in [0.4, 0.5) is 4.39 Å². The lowest BCUT2D eigenvalue weighted by Crippen LogP contribution is -2.51. The minimum Gasteiger partial charge on any atom is -0.287 e. The van der Waals surface area contributed by atoms with Gasteiger partial charge in [0.15, 0.2) is 0 Å². The largest absolute Gasteiger partial charge is 0.287 e. The zero-order chi connectivity index (χ0) is 15.3. The van der Waals surface area contributed by atoms with Gasteiger partial charge >= 0.3 is 0 Å². The van der Waals surface area contributed by atoms with Crippen LogP contribution in [0.3, 0.4) is 0 Å². The first kappa shape index (κ1) is 16.4. The molecule has 6 heteroatoms. The summed E-state index contributed by atoms with van der Waals surface area (Å²) in [7, 11) is -3.18. The van der Waals surface area contributed by atoms with Gasteiger partial charge in [-0.3, -0.25) is 4.90 Å². The van der Waals surface area contributed by atoms with E-state index >= 15 is 0 Å². The number of benzene rings is 1. The van der Waals surface area contributed by atoms with Crippen molar-refractivity contribution in [3.63, 3.8) is 0 Å². The van der Waals surface area contributed by atoms with E-state index in [1.165, 1.54) is 12.1 Å². The lowest BCUT2D eigenvalue weighted by atomic mass is 10.1. The molecule has 1 unspecified atom stereocenters. The van der Waals surface area contributed by atoms with Crippen LogP contribution in [0.5, 0.6) is 0 Å². The number of halogens is 1. The Morgan fingerprint density at radius 2 is 2.00 bits per heavy atom. The van der Waals surface area contributed by atoms with E-state index in [1.54, 1.807) is 19.1 Å². The molecular formula is C15H23FN2O2S. The summed E-state index contributed by atoms with van der Waals surface area (Å²) < 4.78 is 39.2. The van der Waals surface area contributed by atoms with Crippen molar-refractivity contribution in [2.75, 3.05) is 18.8 Å². The predicted molar refractivity (Wildman–Crippen MR) is 81.9 cm³/mol. The van der Waals surface area contributed by atoms with Gasteiger partial charge in [-0.1, -0.05) is 12.1 Å². The Bertz CT molecular complexity index is 545. The van der Waals surface area contributed by atoms with Gasteiger partial charge in [-0.05, 0) is 56.8 Å². The smallest absolute Gasteiger partial charge is 0.212 e. The summed E-state index contributed by atoms with van der Waals surface area (Å²) in [5, 5.41) is 0. The van der Waals surface area contributed by atoms with Crippen molar-refractivity contribution in [2.45, 2.75) is 38.8 Å². The molecule has 21 heavy (non-hydrogen) atoms. The summed E-state index contributed by atoms with van der Waals surface area (Å²) in [5.41, 5.74) is 1.07. The predicted octanol–water partition coefficient (Wildman–Crippen LogP) is 2.12. The molecule has 0 radical (unpaired) electrons. The lowest BCUT2D eigenvalue weighted by molar-refractivity contribution is 0.141. The molecule has 0 bridgehead atoms. The van der Waals surface area contributed by atoms with Gasteiger partial charge in [0.1, 0.15) is 5.82 Å². The van der Waals surface area contributed by atoms with E-state index in [0.717, 1.165) is 44.3 Å². The van der Waals surface area contributed by atoms with Crippen LogP contribution in [0, 0.1) is 5.82 Å². The molecule has 0 spiro atoms. The van der Waals surface area contributed by atoms with Crippen LogP contribution < -0.4 is 4.72 Å². The van der Waals surface area contributed by atoms with Crippen LogP contribution >= 0.6 is 0 Å². The lowest BCUT2D eigenvalue weighted by Gasteiger charge is -2.35. The summed E-state index contributed by atoms with van der Waals surface area (Å²) in [4.78, 5) is 2.18. The van der Waals surface area contributed by atoms with Gasteiger partial charge in [0.25, 0.3) is 0 Å². The molecule has 1 aliphatic heterocycles. The highest BCUT2D eigenvalue weighted by atomic mass is 32.2. The number of likely N-dealkylation sites (tertiary alicyclic amines) is 1. The molecule has 4 nitrogen and oxygen atoms in total. The maximum Gasteiger partial charge on any atom is 0.212 e. The van der Waals surface area contributed by atoms with Gasteiger partial charge in [0, 0.05) is 6.54 Å². The molecule has 0 saturated carbocycles. The Balaban J connectivity index is 1.94. The second-order valence-electron chi connectivity index (χ2n) is 5.45. The van der Waals surface area contributed by atoms with Crippen molar-refractivity contribution < 1.29 is 12.8 Å². The highest BCUT2D eigenvalue weighted by Gasteiger charge is 2.25. The normalized spacial score (nSPS) is 20.6. The highest BCUT2D eigenvalue weighted by Crippen LogP contribution is 2.16. The van der Waals surface area contributed by atoms with E-state index in [4.69, 9.17) is 0 Å². The van der Waals surface area contributed by atoms with Crippen molar-refractivity contribution in [3.05, 3.63) is 35.6 Å². The monoisotopic (exact) mass is 314 g/mol. The van der Waals surface area contributed by atoms with Crippen LogP contribution in [0.15, 0.2) is 24.3 Å². The standard InChI is InChI=1S/C15H23FN2O2S/c1-2-21(19,20)17-15-5-3-4-11-18(15)12-10-13-6-8-14(16)9-7-13/h6-9,15,17H,2-5,10-12H2,1H3. The Labute approximate surface area is 126 Å². The highest BCUT2D eigenvalue weighted by molar-refractivity contribution is 7.89. The summed E-state index contributed by atoms with van der Waals surface area (Å²) >= 11 is 0. The molecule has 2 rings (SSSR count). The average molecular weight is 314 g/mol. The number of hydrogen-bond acceptors (Lipinski definition) is 3. The second kappa shape index (κ2) is 7.33. The fraction of sp³-hybridized carbons (Fsp3) is 0.600. The zero-order valence-corrected chi connectivity index (χ0v) is 13.2. The van der Waals surface area contributed by atoms with Crippen molar-refractivity contribution in [1.29, 1.82) is 0 Å². The maximum absolute atomic E-state index is 12.9. The molecule has 1 atom stereocenters. The SMILES string of the molecule is CCS(=O)(=O)NC1CCCCN1CCc1ccc(F)cc1. The van der Waals surface area contributed by atoms with Gasteiger partial charge in [-0.15, -0.1) is 0 Å². The molecule has 118 valence electrons. The Morgan fingerprint density at radius 3 is 2.67 bits per heavy atom. The van der Waals surface area contributed by atoms with Gasteiger partial charge in [-0.25, -0.2) is 12.8 Å².